The Morgan fingerprint density at radius 1 is 1.12 bits per heavy atom. The number of nitrogens with zero attached hydrogens (tertiary/aromatic N) is 3. The molecule has 0 fully saturated rings. The third-order valence-corrected chi connectivity index (χ3v) is 2.16. The molecule has 83 valence electrons. The van der Waals surface area contributed by atoms with Gasteiger partial charge in [-0.1, -0.05) is 43.3 Å². The van der Waals surface area contributed by atoms with Crippen LogP contribution in [0, 0.1) is 13.3 Å². The van der Waals surface area contributed by atoms with Crippen molar-refractivity contribution in [2.75, 3.05) is 0 Å². The first kappa shape index (κ1) is 14.1. The first-order chi connectivity index (χ1) is 7.79. The monoisotopic (exact) mass is 299 g/mol. The van der Waals surface area contributed by atoms with Crippen molar-refractivity contribution in [1.82, 2.24) is 15.0 Å². The molecule has 0 amide bonds. The van der Waals surface area contributed by atoms with E-state index in [0.717, 1.165) is 5.56 Å². The molecule has 2 aromatic rings. The van der Waals surface area contributed by atoms with Gasteiger partial charge in [-0.15, -0.1) is 0 Å². The van der Waals surface area contributed by atoms with Gasteiger partial charge in [0.2, 0.25) is 0 Å². The molecule has 0 aliphatic rings. The minimum Gasteiger partial charge on any atom is -0.353 e. The van der Waals surface area contributed by atoms with Gasteiger partial charge in [-0.25, -0.2) is 0 Å². The molecular formula is C13H12N3Y-. The van der Waals surface area contributed by atoms with Gasteiger partial charge in [0.15, 0.2) is 0 Å². The van der Waals surface area contributed by atoms with Crippen LogP contribution in [0.15, 0.2) is 30.3 Å². The van der Waals surface area contributed by atoms with Gasteiger partial charge in [0.1, 0.15) is 0 Å². The van der Waals surface area contributed by atoms with Crippen molar-refractivity contribution >= 4 is 6.08 Å². The maximum Gasteiger partial charge on any atom is 0.0471 e. The van der Waals surface area contributed by atoms with Crippen molar-refractivity contribution in [2.24, 2.45) is 0 Å². The van der Waals surface area contributed by atoms with Gasteiger partial charge in [-0.3, -0.25) is 0 Å². The van der Waals surface area contributed by atoms with E-state index in [-0.39, 0.29) is 32.7 Å². The van der Waals surface area contributed by atoms with Crippen LogP contribution in [0.25, 0.3) is 17.5 Å². The summed E-state index contributed by atoms with van der Waals surface area (Å²) in [5, 5.41) is 0. The van der Waals surface area contributed by atoms with E-state index in [1.807, 2.05) is 44.2 Å². The molecule has 0 saturated carbocycles. The molecule has 1 radical (unpaired) electrons. The van der Waals surface area contributed by atoms with Gasteiger partial charge in [-0.2, -0.15) is 0 Å². The Balaban J connectivity index is 0.00000144. The first-order valence-electron chi connectivity index (χ1n) is 5.11. The summed E-state index contributed by atoms with van der Waals surface area (Å²) >= 11 is 0. The van der Waals surface area contributed by atoms with Crippen LogP contribution in [0.3, 0.4) is 0 Å². The molecule has 17 heavy (non-hydrogen) atoms. The standard InChI is InChI=1S/C13H12N3.Y/c1-3-4-11-5-7-12(8-6-11)13-15-9-14-10(2)16-13;/h3-8H,1-2H3;/q-1;. The summed E-state index contributed by atoms with van der Waals surface area (Å²) < 4.78 is 0. The maximum atomic E-state index is 4.25. The Bertz CT molecular complexity index is 506. The summed E-state index contributed by atoms with van der Waals surface area (Å²) in [4.78, 5) is 12.1. The van der Waals surface area contributed by atoms with E-state index in [0.29, 0.717) is 11.6 Å². The average Bonchev–Trinajstić information content (AvgIpc) is 2.30. The number of aromatic nitrogens is 3. The van der Waals surface area contributed by atoms with E-state index in [9.17, 15) is 0 Å². The molecule has 3 nitrogen and oxygen atoms in total. The van der Waals surface area contributed by atoms with E-state index in [1.165, 1.54) is 5.56 Å². The van der Waals surface area contributed by atoms with Crippen LogP contribution in [0.5, 0.6) is 0 Å². The van der Waals surface area contributed by atoms with Crippen molar-refractivity contribution in [3.63, 3.8) is 0 Å². The quantitative estimate of drug-likeness (QED) is 0.800. The number of rotatable bonds is 2. The Kier molecular flexibility index (Phi) is 5.59. The molecule has 1 aromatic heterocycles. The zero-order chi connectivity index (χ0) is 11.4. The van der Waals surface area contributed by atoms with Crippen LogP contribution in [-0.4, -0.2) is 15.0 Å². The fourth-order valence-electron chi connectivity index (χ4n) is 1.41. The van der Waals surface area contributed by atoms with E-state index in [4.69, 9.17) is 0 Å². The van der Waals surface area contributed by atoms with Crippen LogP contribution in [-0.2, 0) is 32.7 Å². The van der Waals surface area contributed by atoms with Gasteiger partial charge in [0, 0.05) is 50.7 Å². The van der Waals surface area contributed by atoms with Crippen LogP contribution >= 0.6 is 0 Å². The molecule has 0 saturated heterocycles. The van der Waals surface area contributed by atoms with Crippen molar-refractivity contribution in [2.45, 2.75) is 13.8 Å². The number of hydrogen-bond acceptors (Lipinski definition) is 3. The van der Waals surface area contributed by atoms with Gasteiger partial charge in [0.05, 0.1) is 0 Å². The van der Waals surface area contributed by atoms with Crippen molar-refractivity contribution < 1.29 is 32.7 Å². The maximum absolute atomic E-state index is 4.25. The summed E-state index contributed by atoms with van der Waals surface area (Å²) in [6.07, 6.45) is 6.65. The molecule has 0 atom stereocenters. The van der Waals surface area contributed by atoms with Crippen LogP contribution in [0.2, 0.25) is 0 Å². The third-order valence-electron chi connectivity index (χ3n) is 2.16. The zero-order valence-corrected chi connectivity index (χ0v) is 12.7. The molecular weight excluding hydrogens is 287 g/mol. The van der Waals surface area contributed by atoms with Crippen molar-refractivity contribution in [3.05, 3.63) is 48.1 Å². The number of allylic oxidation sites excluding steroid dienone is 1. The molecule has 0 N–H and O–H groups in total. The van der Waals surface area contributed by atoms with Crippen molar-refractivity contribution in [3.8, 4) is 11.4 Å². The molecule has 0 aliphatic heterocycles. The van der Waals surface area contributed by atoms with E-state index in [1.54, 1.807) is 0 Å². The number of aryl methyl sites for hydroxylation is 1. The topological polar surface area (TPSA) is 38.7 Å². The summed E-state index contributed by atoms with van der Waals surface area (Å²) in [6.45, 7) is 3.83. The van der Waals surface area contributed by atoms with Crippen LogP contribution < -0.4 is 0 Å². The fraction of sp³-hybridized carbons (Fsp3) is 0.154. The SMILES string of the molecule is CC=Cc1ccc(-c2n[c-]nc(C)n2)cc1.[Y]. The number of benzene rings is 1. The first-order valence-corrected chi connectivity index (χ1v) is 5.11. The molecule has 0 bridgehead atoms. The summed E-state index contributed by atoms with van der Waals surface area (Å²) in [7, 11) is 0. The Morgan fingerprint density at radius 3 is 2.41 bits per heavy atom. The van der Waals surface area contributed by atoms with Crippen molar-refractivity contribution in [1.29, 1.82) is 0 Å². The Labute approximate surface area is 126 Å². The van der Waals surface area contributed by atoms with Crippen LogP contribution in [0.4, 0.5) is 0 Å². The average molecular weight is 299 g/mol. The summed E-state index contributed by atoms with van der Waals surface area (Å²) in [6, 6.07) is 8.07. The van der Waals surface area contributed by atoms with Gasteiger partial charge in [-0.05, 0) is 18.1 Å². The Morgan fingerprint density at radius 2 is 1.82 bits per heavy atom. The molecule has 4 heteroatoms. The molecule has 0 aliphatic carbocycles. The summed E-state index contributed by atoms with van der Waals surface area (Å²) in [5.41, 5.74) is 2.15. The summed E-state index contributed by atoms with van der Waals surface area (Å²) in [5.74, 6) is 1.35. The minimum absolute atomic E-state index is 0. The molecule has 0 unspecified atom stereocenters. The Hall–Kier alpha value is -0.926. The largest absolute Gasteiger partial charge is 0.353 e. The number of hydrogen-bond donors (Lipinski definition) is 0. The van der Waals surface area contributed by atoms with Crippen LogP contribution in [0.1, 0.15) is 18.3 Å². The van der Waals surface area contributed by atoms with E-state index >= 15 is 0 Å². The van der Waals surface area contributed by atoms with Gasteiger partial charge >= 0.3 is 0 Å². The predicted octanol–water partition coefficient (Wildman–Crippen LogP) is 2.68. The van der Waals surface area contributed by atoms with E-state index in [2.05, 4.69) is 27.4 Å². The molecule has 2 rings (SSSR count). The normalized spacial score (nSPS) is 10.2. The molecule has 1 heterocycles. The molecule has 1 aromatic carbocycles. The molecule has 0 spiro atoms. The smallest absolute Gasteiger partial charge is 0.0471 e. The predicted molar refractivity (Wildman–Crippen MR) is 63.5 cm³/mol. The third kappa shape index (κ3) is 3.79. The van der Waals surface area contributed by atoms with Gasteiger partial charge in [0.25, 0.3) is 0 Å². The van der Waals surface area contributed by atoms with Gasteiger partial charge < -0.3 is 15.0 Å². The second-order valence-electron chi connectivity index (χ2n) is 3.43. The minimum atomic E-state index is 0. The fourth-order valence-corrected chi connectivity index (χ4v) is 1.41. The second kappa shape index (κ2) is 6.72. The second-order valence-corrected chi connectivity index (χ2v) is 3.43. The van der Waals surface area contributed by atoms with E-state index < -0.39 is 0 Å². The zero-order valence-electron chi connectivity index (χ0n) is 9.88.